The summed E-state index contributed by atoms with van der Waals surface area (Å²) in [6.45, 7) is 2.32. The third-order valence-electron chi connectivity index (χ3n) is 5.37. The van der Waals surface area contributed by atoms with Gasteiger partial charge in [0.1, 0.15) is 5.69 Å². The van der Waals surface area contributed by atoms with E-state index in [1.165, 1.54) is 12.8 Å². The Balaban J connectivity index is 1.61. The minimum absolute atomic E-state index is 0.166. The van der Waals surface area contributed by atoms with Crippen LogP contribution >= 0.6 is 11.6 Å². The van der Waals surface area contributed by atoms with Crippen LogP contribution in [-0.2, 0) is 0 Å². The van der Waals surface area contributed by atoms with E-state index >= 15 is 0 Å². The van der Waals surface area contributed by atoms with E-state index in [1.807, 2.05) is 24.3 Å². The Bertz CT molecular complexity index is 726. The number of hydrogen-bond donors (Lipinski definition) is 1. The second-order valence-electron chi connectivity index (χ2n) is 7.27. The lowest BCUT2D eigenvalue weighted by Gasteiger charge is -2.36. The molecule has 3 nitrogen and oxygen atoms in total. The topological polar surface area (TPSA) is 36.1 Å². The van der Waals surface area contributed by atoms with E-state index in [-0.39, 0.29) is 5.91 Å². The number of carbonyl (C=O) groups excluding carboxylic acids is 1. The average molecular weight is 331 g/mol. The van der Waals surface area contributed by atoms with E-state index < -0.39 is 0 Å². The second kappa shape index (κ2) is 5.86. The van der Waals surface area contributed by atoms with Gasteiger partial charge in [0, 0.05) is 28.0 Å². The van der Waals surface area contributed by atoms with Gasteiger partial charge in [-0.3, -0.25) is 4.79 Å². The molecule has 1 N–H and O–H groups in total. The predicted molar refractivity (Wildman–Crippen MR) is 93.9 cm³/mol. The molecule has 0 aliphatic heterocycles. The van der Waals surface area contributed by atoms with Crippen LogP contribution in [0.15, 0.2) is 24.3 Å². The molecule has 1 aromatic heterocycles. The van der Waals surface area contributed by atoms with Gasteiger partial charge in [-0.25, -0.2) is 0 Å². The number of nitrogens with one attached hydrogen (secondary N) is 1. The molecule has 2 fully saturated rings. The van der Waals surface area contributed by atoms with Crippen LogP contribution in [0.2, 0.25) is 5.02 Å². The Morgan fingerprint density at radius 2 is 1.74 bits per heavy atom. The van der Waals surface area contributed by atoms with Crippen LogP contribution in [0, 0.1) is 5.92 Å². The number of halogens is 1. The molecule has 23 heavy (non-hydrogen) atoms. The van der Waals surface area contributed by atoms with Crippen LogP contribution in [0.5, 0.6) is 0 Å². The number of carbonyl (C=O) groups is 1. The minimum Gasteiger partial charge on any atom is -0.350 e. The summed E-state index contributed by atoms with van der Waals surface area (Å²) < 4.78 is 0. The van der Waals surface area contributed by atoms with Crippen LogP contribution in [-0.4, -0.2) is 27.9 Å². The Hall–Kier alpha value is -1.48. The molecule has 0 atom stereocenters. The maximum Gasteiger partial charge on any atom is 0.270 e. The zero-order chi connectivity index (χ0) is 16.0. The van der Waals surface area contributed by atoms with Gasteiger partial charge in [0.05, 0.1) is 0 Å². The molecule has 1 aromatic carbocycles. The van der Waals surface area contributed by atoms with Gasteiger partial charge in [0.2, 0.25) is 0 Å². The zero-order valence-corrected chi connectivity index (χ0v) is 14.3. The van der Waals surface area contributed by atoms with Crippen LogP contribution in [0.1, 0.15) is 55.9 Å². The summed E-state index contributed by atoms with van der Waals surface area (Å²) in [6.07, 6.45) is 7.09. The highest BCUT2D eigenvalue weighted by Gasteiger charge is 2.39. The van der Waals surface area contributed by atoms with Gasteiger partial charge in [0.15, 0.2) is 0 Å². The fraction of sp³-hybridized carbons (Fsp3) is 0.526. The number of hydrogen-bond acceptors (Lipinski definition) is 1. The highest BCUT2D eigenvalue weighted by molar-refractivity contribution is 6.31. The largest absolute Gasteiger partial charge is 0.350 e. The number of fused-ring (bicyclic) bond motifs is 1. The van der Waals surface area contributed by atoms with Crippen molar-refractivity contribution in [3.05, 3.63) is 35.0 Å². The third-order valence-corrected chi connectivity index (χ3v) is 5.60. The molecule has 122 valence electrons. The van der Waals surface area contributed by atoms with Gasteiger partial charge in [0.25, 0.3) is 5.91 Å². The van der Waals surface area contributed by atoms with E-state index in [0.717, 1.165) is 42.5 Å². The summed E-state index contributed by atoms with van der Waals surface area (Å²) >= 11 is 6.05. The number of aromatic amines is 1. The molecule has 1 heterocycles. The van der Waals surface area contributed by atoms with Crippen LogP contribution in [0.3, 0.4) is 0 Å². The van der Waals surface area contributed by atoms with Crippen molar-refractivity contribution in [1.29, 1.82) is 0 Å². The van der Waals surface area contributed by atoms with E-state index in [4.69, 9.17) is 11.6 Å². The molecule has 0 spiro atoms. The number of benzene rings is 1. The first-order valence-corrected chi connectivity index (χ1v) is 9.10. The van der Waals surface area contributed by atoms with Crippen molar-refractivity contribution < 1.29 is 4.79 Å². The first-order chi connectivity index (χ1) is 11.1. The average Bonchev–Trinajstić information content (AvgIpc) is 3.27. The number of nitrogens with zero attached hydrogens (tertiary/aromatic N) is 1. The molecule has 4 rings (SSSR count). The second-order valence-corrected chi connectivity index (χ2v) is 7.71. The van der Waals surface area contributed by atoms with Gasteiger partial charge in [-0.1, -0.05) is 24.6 Å². The maximum absolute atomic E-state index is 13.1. The summed E-state index contributed by atoms with van der Waals surface area (Å²) in [6, 6.07) is 8.56. The predicted octanol–water partition coefficient (Wildman–Crippen LogP) is 5.00. The van der Waals surface area contributed by atoms with Crippen LogP contribution in [0.4, 0.5) is 0 Å². The molecule has 2 aliphatic carbocycles. The van der Waals surface area contributed by atoms with Crippen molar-refractivity contribution in [1.82, 2.24) is 9.88 Å². The molecule has 0 bridgehead atoms. The number of aromatic nitrogens is 1. The molecular formula is C19H23ClN2O. The number of amides is 1. The Kier molecular flexibility index (Phi) is 3.84. The third kappa shape index (κ3) is 2.99. The molecule has 2 aromatic rings. The molecule has 1 amide bonds. The normalized spacial score (nSPS) is 24.8. The molecule has 2 aliphatic rings. The quantitative estimate of drug-likeness (QED) is 0.844. The van der Waals surface area contributed by atoms with Crippen LogP contribution in [0.25, 0.3) is 10.9 Å². The smallest absolute Gasteiger partial charge is 0.270 e. The fourth-order valence-electron chi connectivity index (χ4n) is 3.86. The summed E-state index contributed by atoms with van der Waals surface area (Å²) in [5.41, 5.74) is 1.64. The van der Waals surface area contributed by atoms with Crippen molar-refractivity contribution in [2.75, 3.05) is 0 Å². The monoisotopic (exact) mass is 330 g/mol. The molecule has 2 saturated carbocycles. The molecule has 4 heteroatoms. The number of H-pyrrole nitrogens is 1. The summed E-state index contributed by atoms with van der Waals surface area (Å²) in [4.78, 5) is 18.6. The first kappa shape index (κ1) is 15.1. The van der Waals surface area contributed by atoms with Gasteiger partial charge in [-0.05, 0) is 62.6 Å². The summed E-state index contributed by atoms with van der Waals surface area (Å²) in [5, 5.41) is 1.74. The summed E-state index contributed by atoms with van der Waals surface area (Å²) in [5.74, 6) is 0.969. The Morgan fingerprint density at radius 3 is 2.39 bits per heavy atom. The zero-order valence-electron chi connectivity index (χ0n) is 13.5. The highest BCUT2D eigenvalue weighted by Crippen LogP contribution is 2.36. The highest BCUT2D eigenvalue weighted by atomic mass is 35.5. The first-order valence-electron chi connectivity index (χ1n) is 8.73. The van der Waals surface area contributed by atoms with E-state index in [2.05, 4.69) is 16.8 Å². The fourth-order valence-corrected chi connectivity index (χ4v) is 4.03. The number of rotatable bonds is 3. The lowest BCUT2D eigenvalue weighted by atomic mass is 9.86. The van der Waals surface area contributed by atoms with E-state index in [0.29, 0.717) is 22.8 Å². The van der Waals surface area contributed by atoms with Crippen molar-refractivity contribution in [2.45, 2.75) is 57.5 Å². The minimum atomic E-state index is 0.166. The van der Waals surface area contributed by atoms with Gasteiger partial charge in [-0.15, -0.1) is 0 Å². The van der Waals surface area contributed by atoms with E-state index in [1.54, 1.807) is 0 Å². The maximum atomic E-state index is 13.1. The van der Waals surface area contributed by atoms with Gasteiger partial charge >= 0.3 is 0 Å². The Labute approximate surface area is 142 Å². The lowest BCUT2D eigenvalue weighted by molar-refractivity contribution is 0.0588. The molecule has 0 unspecified atom stereocenters. The molecular weight excluding hydrogens is 308 g/mol. The standard InChI is InChI=1S/C19H23ClN2O/c1-12-2-6-15(7-3-12)22(16-8-9-16)19(23)18-10-13-4-5-14(20)11-17(13)21-18/h4-5,10-12,15-16,21H,2-3,6-9H2,1H3. The van der Waals surface area contributed by atoms with Gasteiger partial charge in [-0.2, -0.15) is 0 Å². The molecule has 0 radical (unpaired) electrons. The lowest BCUT2D eigenvalue weighted by Crippen LogP contribution is -2.43. The SMILES string of the molecule is CC1CCC(N(C(=O)c2cc3ccc(Cl)cc3[nH]2)C2CC2)CC1. The molecule has 0 saturated heterocycles. The van der Waals surface area contributed by atoms with Crippen molar-refractivity contribution in [3.63, 3.8) is 0 Å². The van der Waals surface area contributed by atoms with Crippen LogP contribution < -0.4 is 0 Å². The summed E-state index contributed by atoms with van der Waals surface area (Å²) in [7, 11) is 0. The van der Waals surface area contributed by atoms with Crippen molar-refractivity contribution in [2.24, 2.45) is 5.92 Å². The van der Waals surface area contributed by atoms with E-state index in [9.17, 15) is 4.79 Å². The van der Waals surface area contributed by atoms with Crippen molar-refractivity contribution in [3.8, 4) is 0 Å². The van der Waals surface area contributed by atoms with Gasteiger partial charge < -0.3 is 9.88 Å². The van der Waals surface area contributed by atoms with Crippen molar-refractivity contribution >= 4 is 28.4 Å². The Morgan fingerprint density at radius 1 is 1.09 bits per heavy atom.